The smallest absolute Gasteiger partial charge is 0.255 e. The molecule has 2 aromatic carbocycles. The van der Waals surface area contributed by atoms with Gasteiger partial charge in [-0.25, -0.2) is 4.98 Å². The molecule has 7 nitrogen and oxygen atoms in total. The van der Waals surface area contributed by atoms with Crippen LogP contribution in [-0.2, 0) is 4.79 Å². The number of pyridine rings is 1. The number of amides is 2. The molecule has 0 bridgehead atoms. The summed E-state index contributed by atoms with van der Waals surface area (Å²) in [4.78, 5) is 37.8. The zero-order valence-electron chi connectivity index (χ0n) is 21.3. The number of fused-ring (bicyclic) bond motifs is 1. The number of hydrogen-bond donors (Lipinski definition) is 1. The van der Waals surface area contributed by atoms with E-state index in [9.17, 15) is 9.59 Å². The number of piperidine rings is 1. The van der Waals surface area contributed by atoms with Crippen molar-refractivity contribution in [1.29, 1.82) is 0 Å². The number of hydrogen-bond acceptors (Lipinski definition) is 5. The molecule has 37 heavy (non-hydrogen) atoms. The second-order valence-corrected chi connectivity index (χ2v) is 10.7. The second kappa shape index (κ2) is 10.5. The first kappa shape index (κ1) is 23.9. The van der Waals surface area contributed by atoms with E-state index in [1.54, 1.807) is 0 Å². The summed E-state index contributed by atoms with van der Waals surface area (Å²) >= 11 is 0. The Morgan fingerprint density at radius 1 is 0.892 bits per heavy atom. The third kappa shape index (κ3) is 5.47. The van der Waals surface area contributed by atoms with Gasteiger partial charge in [-0.05, 0) is 66.6 Å². The summed E-state index contributed by atoms with van der Waals surface area (Å²) in [6.45, 7) is 6.55. The molecule has 3 heterocycles. The Bertz CT molecular complexity index is 1270. The maximum Gasteiger partial charge on any atom is 0.255 e. The molecule has 0 radical (unpaired) electrons. The quantitative estimate of drug-likeness (QED) is 0.551. The Morgan fingerprint density at radius 2 is 1.65 bits per heavy atom. The minimum Gasteiger partial charge on any atom is -0.354 e. The van der Waals surface area contributed by atoms with Crippen molar-refractivity contribution in [2.45, 2.75) is 25.7 Å². The lowest BCUT2D eigenvalue weighted by Crippen LogP contribution is -2.50. The fraction of sp³-hybridized carbons (Fsp3) is 0.433. The van der Waals surface area contributed by atoms with Gasteiger partial charge in [0.05, 0.1) is 11.3 Å². The molecule has 2 amide bonds. The van der Waals surface area contributed by atoms with Crippen molar-refractivity contribution in [2.24, 2.45) is 11.8 Å². The lowest BCUT2D eigenvalue weighted by Gasteiger charge is -2.39. The van der Waals surface area contributed by atoms with E-state index in [2.05, 4.69) is 26.2 Å². The van der Waals surface area contributed by atoms with Crippen molar-refractivity contribution in [2.75, 3.05) is 56.0 Å². The fourth-order valence-electron chi connectivity index (χ4n) is 5.74. The minimum absolute atomic E-state index is 0.0292. The van der Waals surface area contributed by atoms with E-state index in [1.165, 1.54) is 0 Å². The molecule has 3 aliphatic rings. The van der Waals surface area contributed by atoms with Gasteiger partial charge in [0.25, 0.3) is 5.91 Å². The highest BCUT2D eigenvalue weighted by molar-refractivity contribution is 6.08. The predicted octanol–water partition coefficient (Wildman–Crippen LogP) is 4.26. The summed E-state index contributed by atoms with van der Waals surface area (Å²) in [5.74, 6) is 1.67. The van der Waals surface area contributed by atoms with E-state index in [0.717, 1.165) is 88.1 Å². The van der Waals surface area contributed by atoms with Crippen LogP contribution in [0, 0.1) is 11.8 Å². The predicted molar refractivity (Wildman–Crippen MR) is 147 cm³/mol. The number of rotatable bonds is 6. The Labute approximate surface area is 218 Å². The SMILES string of the molecule is O=C(Nc1cc2ccccc2cc1C(=O)N1CCCC(CN2CCN(c3ccccn3)CC2)C1)C1CC1. The average molecular weight is 498 g/mol. The first-order valence-corrected chi connectivity index (χ1v) is 13.7. The maximum atomic E-state index is 13.8. The van der Waals surface area contributed by atoms with Crippen LogP contribution in [-0.4, -0.2) is 72.4 Å². The van der Waals surface area contributed by atoms with E-state index < -0.39 is 0 Å². The van der Waals surface area contributed by atoms with Crippen LogP contribution in [0.25, 0.3) is 10.8 Å². The molecule has 1 aromatic heterocycles. The monoisotopic (exact) mass is 497 g/mol. The number of nitrogens with one attached hydrogen (secondary N) is 1. The van der Waals surface area contributed by atoms with Gasteiger partial charge in [-0.2, -0.15) is 0 Å². The second-order valence-electron chi connectivity index (χ2n) is 10.7. The minimum atomic E-state index is 0.0292. The molecule has 3 fully saturated rings. The molecule has 6 rings (SSSR count). The van der Waals surface area contributed by atoms with Crippen molar-refractivity contribution < 1.29 is 9.59 Å². The van der Waals surface area contributed by atoms with Crippen molar-refractivity contribution in [3.8, 4) is 0 Å². The first-order chi connectivity index (χ1) is 18.1. The van der Waals surface area contributed by atoms with Crippen LogP contribution in [0.4, 0.5) is 11.5 Å². The van der Waals surface area contributed by atoms with Crippen molar-refractivity contribution >= 4 is 34.1 Å². The third-order valence-corrected chi connectivity index (χ3v) is 7.99. The lowest BCUT2D eigenvalue weighted by molar-refractivity contribution is -0.117. The van der Waals surface area contributed by atoms with Gasteiger partial charge in [0, 0.05) is 57.9 Å². The molecule has 192 valence electrons. The van der Waals surface area contributed by atoms with E-state index >= 15 is 0 Å². The van der Waals surface area contributed by atoms with Crippen LogP contribution in [0.15, 0.2) is 60.8 Å². The number of aromatic nitrogens is 1. The number of carbonyl (C=O) groups excluding carboxylic acids is 2. The molecule has 2 aliphatic heterocycles. The summed E-state index contributed by atoms with van der Waals surface area (Å²) in [7, 11) is 0. The van der Waals surface area contributed by atoms with Crippen LogP contribution in [0.5, 0.6) is 0 Å². The number of benzene rings is 2. The number of nitrogens with zero attached hydrogens (tertiary/aromatic N) is 4. The summed E-state index contributed by atoms with van der Waals surface area (Å²) in [6.07, 6.45) is 5.89. The van der Waals surface area contributed by atoms with E-state index in [0.29, 0.717) is 17.2 Å². The van der Waals surface area contributed by atoms with Crippen molar-refractivity contribution in [1.82, 2.24) is 14.8 Å². The van der Waals surface area contributed by atoms with Gasteiger partial charge in [-0.3, -0.25) is 14.5 Å². The van der Waals surface area contributed by atoms with Crippen LogP contribution in [0.3, 0.4) is 0 Å². The Balaban J connectivity index is 1.12. The summed E-state index contributed by atoms with van der Waals surface area (Å²) in [6, 6.07) is 18.0. The number of carbonyl (C=O) groups is 2. The van der Waals surface area contributed by atoms with Crippen molar-refractivity contribution in [3.05, 3.63) is 66.4 Å². The normalized spacial score (nSPS) is 20.7. The number of piperazine rings is 1. The topological polar surface area (TPSA) is 68.8 Å². The molecule has 1 unspecified atom stereocenters. The number of anilines is 2. The van der Waals surface area contributed by atoms with E-state index in [1.807, 2.05) is 59.6 Å². The van der Waals surface area contributed by atoms with Crippen LogP contribution in [0.2, 0.25) is 0 Å². The molecule has 7 heteroatoms. The number of likely N-dealkylation sites (tertiary alicyclic amines) is 1. The van der Waals surface area contributed by atoms with Gasteiger partial charge >= 0.3 is 0 Å². The van der Waals surface area contributed by atoms with Crippen molar-refractivity contribution in [3.63, 3.8) is 0 Å². The Hall–Kier alpha value is -3.45. The van der Waals surface area contributed by atoms with Crippen LogP contribution in [0.1, 0.15) is 36.0 Å². The fourth-order valence-corrected chi connectivity index (χ4v) is 5.74. The molecule has 1 N–H and O–H groups in total. The molecule has 3 aromatic rings. The third-order valence-electron chi connectivity index (χ3n) is 7.99. The average Bonchev–Trinajstić information content (AvgIpc) is 3.79. The van der Waals surface area contributed by atoms with Crippen LogP contribution >= 0.6 is 0 Å². The molecule has 1 saturated carbocycles. The Morgan fingerprint density at radius 3 is 2.38 bits per heavy atom. The zero-order valence-corrected chi connectivity index (χ0v) is 21.3. The van der Waals surface area contributed by atoms with E-state index in [-0.39, 0.29) is 17.7 Å². The molecular formula is C30H35N5O2. The van der Waals surface area contributed by atoms with Gasteiger partial charge in [0.2, 0.25) is 5.91 Å². The van der Waals surface area contributed by atoms with Crippen LogP contribution < -0.4 is 10.2 Å². The molecule has 0 spiro atoms. The highest BCUT2D eigenvalue weighted by Crippen LogP contribution is 2.33. The van der Waals surface area contributed by atoms with Gasteiger partial charge in [0.1, 0.15) is 5.82 Å². The van der Waals surface area contributed by atoms with Gasteiger partial charge in [0.15, 0.2) is 0 Å². The zero-order chi connectivity index (χ0) is 25.2. The van der Waals surface area contributed by atoms with Gasteiger partial charge < -0.3 is 15.1 Å². The molecule has 1 aliphatic carbocycles. The first-order valence-electron chi connectivity index (χ1n) is 13.7. The standard InChI is InChI=1S/C30H35N5O2/c36-29(23-10-11-23)32-27-19-25-8-2-1-7-24(25)18-26(27)30(37)35-13-5-6-22(21-35)20-33-14-16-34(17-15-33)28-9-3-4-12-31-28/h1-4,7-9,12,18-19,22-23H,5-6,10-11,13-17,20-21H2,(H,32,36). The van der Waals surface area contributed by atoms with Gasteiger partial charge in [-0.1, -0.05) is 30.3 Å². The molecule has 1 atom stereocenters. The lowest BCUT2D eigenvalue weighted by atomic mass is 9.95. The van der Waals surface area contributed by atoms with E-state index in [4.69, 9.17) is 0 Å². The summed E-state index contributed by atoms with van der Waals surface area (Å²) in [5, 5.41) is 5.13. The molecular weight excluding hydrogens is 462 g/mol. The van der Waals surface area contributed by atoms with Gasteiger partial charge in [-0.15, -0.1) is 0 Å². The highest BCUT2D eigenvalue weighted by Gasteiger charge is 2.32. The Kier molecular flexibility index (Phi) is 6.79. The largest absolute Gasteiger partial charge is 0.354 e. The highest BCUT2D eigenvalue weighted by atomic mass is 16.2. The summed E-state index contributed by atoms with van der Waals surface area (Å²) in [5.41, 5.74) is 1.26. The maximum absolute atomic E-state index is 13.8. The molecule has 2 saturated heterocycles. The summed E-state index contributed by atoms with van der Waals surface area (Å²) < 4.78 is 0.